The van der Waals surface area contributed by atoms with Crippen LogP contribution >= 0.6 is 0 Å². The number of rotatable bonds is 8. The number of benzene rings is 1. The molecule has 9 heteroatoms. The largest absolute Gasteiger partial charge is 0.473 e. The van der Waals surface area contributed by atoms with E-state index in [1.165, 1.54) is 29.2 Å². The van der Waals surface area contributed by atoms with E-state index < -0.39 is 6.09 Å². The number of hydrogen-bond donors (Lipinski definition) is 2. The third kappa shape index (κ3) is 6.82. The molecule has 1 heterocycles. The van der Waals surface area contributed by atoms with E-state index in [1.807, 2.05) is 37.3 Å². The molecule has 178 valence electrons. The van der Waals surface area contributed by atoms with Crippen LogP contribution in [0.4, 0.5) is 4.79 Å². The van der Waals surface area contributed by atoms with Crippen molar-refractivity contribution in [2.45, 2.75) is 51.7 Å². The molecule has 2 aromatic rings. The second kappa shape index (κ2) is 11.5. The van der Waals surface area contributed by atoms with Gasteiger partial charge in [0.15, 0.2) is 0 Å². The second-order valence-electron chi connectivity index (χ2n) is 8.39. The number of amides is 1. The molecule has 0 spiro atoms. The molecule has 0 atom stereocenters. The summed E-state index contributed by atoms with van der Waals surface area (Å²) in [6.07, 6.45) is 6.95. The molecule has 9 nitrogen and oxygen atoms in total. The SMILES string of the molecule is Cc1nc(/C(N)=C(\COC(=O)N(C)Cc2ccccc2)N(C)N)cnc1OC1CCCCC1. The molecule has 4 N–H and O–H groups in total. The highest BCUT2D eigenvalue weighted by atomic mass is 16.6. The third-order valence-electron chi connectivity index (χ3n) is 5.65. The standard InChI is InChI=1S/C24H34N6O3/c1-17-23(33-19-12-8-5-9-13-19)27-14-20(28-17)22(25)21(30(3)26)16-32-24(31)29(2)15-18-10-6-4-7-11-18/h4,6-7,10-11,14,19H,5,8-9,12-13,15-16,25-26H2,1-3H3/b22-21-. The Kier molecular flexibility index (Phi) is 8.48. The molecular weight excluding hydrogens is 420 g/mol. The van der Waals surface area contributed by atoms with Crippen molar-refractivity contribution in [2.24, 2.45) is 11.6 Å². The first-order chi connectivity index (χ1) is 15.8. The lowest BCUT2D eigenvalue weighted by atomic mass is 9.98. The van der Waals surface area contributed by atoms with Gasteiger partial charge in [0, 0.05) is 20.6 Å². The Morgan fingerprint density at radius 2 is 1.85 bits per heavy atom. The van der Waals surface area contributed by atoms with Crippen LogP contribution in [0.1, 0.15) is 49.1 Å². The quantitative estimate of drug-likeness (QED) is 0.461. The van der Waals surface area contributed by atoms with Crippen LogP contribution in [0.25, 0.3) is 5.70 Å². The van der Waals surface area contributed by atoms with Crippen molar-refractivity contribution < 1.29 is 14.3 Å². The maximum Gasteiger partial charge on any atom is 0.410 e. The van der Waals surface area contributed by atoms with Gasteiger partial charge < -0.3 is 25.1 Å². The minimum absolute atomic E-state index is 0.0994. The number of carbonyl (C=O) groups excluding carboxylic acids is 1. The van der Waals surface area contributed by atoms with E-state index in [2.05, 4.69) is 9.97 Å². The van der Waals surface area contributed by atoms with Gasteiger partial charge in [-0.3, -0.25) is 0 Å². The highest BCUT2D eigenvalue weighted by Gasteiger charge is 2.19. The Morgan fingerprint density at radius 3 is 2.48 bits per heavy atom. The van der Waals surface area contributed by atoms with Crippen molar-refractivity contribution in [3.63, 3.8) is 0 Å². The maximum absolute atomic E-state index is 12.5. The number of aryl methyl sites for hydroxylation is 1. The minimum Gasteiger partial charge on any atom is -0.473 e. The highest BCUT2D eigenvalue weighted by molar-refractivity contribution is 5.68. The number of nitrogens with two attached hydrogens (primary N) is 2. The van der Waals surface area contributed by atoms with E-state index in [0.717, 1.165) is 18.4 Å². The van der Waals surface area contributed by atoms with Gasteiger partial charge in [-0.15, -0.1) is 0 Å². The van der Waals surface area contributed by atoms with Crippen LogP contribution in [0.2, 0.25) is 0 Å². The van der Waals surface area contributed by atoms with Crippen LogP contribution in [-0.2, 0) is 11.3 Å². The number of likely N-dealkylation sites (N-methyl/N-ethyl adjacent to an activating group) is 1. The number of hydrazine groups is 1. The molecule has 0 bridgehead atoms. The third-order valence-corrected chi connectivity index (χ3v) is 5.65. The summed E-state index contributed by atoms with van der Waals surface area (Å²) in [7, 11) is 3.30. The number of ether oxygens (including phenoxy) is 2. The number of aromatic nitrogens is 2. The summed E-state index contributed by atoms with van der Waals surface area (Å²) in [5.74, 6) is 6.49. The summed E-state index contributed by atoms with van der Waals surface area (Å²) >= 11 is 0. The zero-order valence-corrected chi connectivity index (χ0v) is 19.7. The molecule has 1 aromatic carbocycles. The van der Waals surface area contributed by atoms with Gasteiger partial charge in [-0.05, 0) is 38.2 Å². The molecule has 33 heavy (non-hydrogen) atoms. The average molecular weight is 455 g/mol. The fourth-order valence-electron chi connectivity index (χ4n) is 3.74. The van der Waals surface area contributed by atoms with Crippen LogP contribution in [0, 0.1) is 6.92 Å². The van der Waals surface area contributed by atoms with Crippen LogP contribution in [0.5, 0.6) is 5.88 Å². The summed E-state index contributed by atoms with van der Waals surface area (Å²) < 4.78 is 11.5. The van der Waals surface area contributed by atoms with Gasteiger partial charge in [-0.1, -0.05) is 36.8 Å². The van der Waals surface area contributed by atoms with Crippen molar-refractivity contribution >= 4 is 11.8 Å². The van der Waals surface area contributed by atoms with Gasteiger partial charge >= 0.3 is 6.09 Å². The van der Waals surface area contributed by atoms with E-state index in [-0.39, 0.29) is 12.7 Å². The molecule has 1 aliphatic carbocycles. The topological polar surface area (TPSA) is 120 Å². The molecule has 1 aromatic heterocycles. The van der Waals surface area contributed by atoms with Crippen molar-refractivity contribution in [3.8, 4) is 5.88 Å². The molecule has 1 amide bonds. The fourth-order valence-corrected chi connectivity index (χ4v) is 3.74. The molecule has 3 rings (SSSR count). The van der Waals surface area contributed by atoms with Gasteiger partial charge in [0.2, 0.25) is 5.88 Å². The first-order valence-corrected chi connectivity index (χ1v) is 11.2. The monoisotopic (exact) mass is 454 g/mol. The van der Waals surface area contributed by atoms with Crippen molar-refractivity contribution in [1.82, 2.24) is 19.9 Å². The van der Waals surface area contributed by atoms with Gasteiger partial charge in [0.1, 0.15) is 24.1 Å². The lowest BCUT2D eigenvalue weighted by molar-refractivity contribution is 0.111. The Balaban J connectivity index is 1.66. The van der Waals surface area contributed by atoms with Crippen LogP contribution in [-0.4, -0.2) is 52.8 Å². The molecule has 0 unspecified atom stereocenters. The van der Waals surface area contributed by atoms with Gasteiger partial charge in [0.25, 0.3) is 0 Å². The number of nitrogens with zero attached hydrogens (tertiary/aromatic N) is 4. The molecule has 1 fully saturated rings. The van der Waals surface area contributed by atoms with Gasteiger partial charge in [0.05, 0.1) is 17.6 Å². The predicted octanol–water partition coefficient (Wildman–Crippen LogP) is 3.20. The van der Waals surface area contributed by atoms with Gasteiger partial charge in [-0.2, -0.15) is 0 Å². The Hall–Kier alpha value is -3.33. The molecule has 0 saturated heterocycles. The lowest BCUT2D eigenvalue weighted by Gasteiger charge is -2.23. The predicted molar refractivity (Wildman–Crippen MR) is 127 cm³/mol. The Morgan fingerprint density at radius 1 is 1.15 bits per heavy atom. The zero-order valence-electron chi connectivity index (χ0n) is 19.7. The second-order valence-corrected chi connectivity index (χ2v) is 8.39. The van der Waals surface area contributed by atoms with Crippen molar-refractivity contribution in [1.29, 1.82) is 0 Å². The van der Waals surface area contributed by atoms with Crippen LogP contribution in [0.3, 0.4) is 0 Å². The molecule has 1 aliphatic rings. The summed E-state index contributed by atoms with van der Waals surface area (Å²) in [4.78, 5) is 22.9. The highest BCUT2D eigenvalue weighted by Crippen LogP contribution is 2.24. The normalized spacial score (nSPS) is 14.9. The number of carbonyl (C=O) groups is 1. The summed E-state index contributed by atoms with van der Waals surface area (Å²) in [6, 6.07) is 9.67. The van der Waals surface area contributed by atoms with E-state index >= 15 is 0 Å². The van der Waals surface area contributed by atoms with Crippen LogP contribution < -0.4 is 16.3 Å². The van der Waals surface area contributed by atoms with Crippen molar-refractivity contribution in [3.05, 3.63) is 59.2 Å². The van der Waals surface area contributed by atoms with E-state index in [4.69, 9.17) is 21.1 Å². The average Bonchev–Trinajstić information content (AvgIpc) is 2.81. The first-order valence-electron chi connectivity index (χ1n) is 11.2. The van der Waals surface area contributed by atoms with Crippen LogP contribution in [0.15, 0.2) is 42.2 Å². The Labute approximate surface area is 195 Å². The minimum atomic E-state index is -0.482. The number of hydrogen-bond acceptors (Lipinski definition) is 8. The molecular formula is C24H34N6O3. The van der Waals surface area contributed by atoms with E-state index in [1.54, 1.807) is 20.3 Å². The van der Waals surface area contributed by atoms with Crippen molar-refractivity contribution in [2.75, 3.05) is 20.7 Å². The zero-order chi connectivity index (χ0) is 23.8. The Bertz CT molecular complexity index is 958. The summed E-state index contributed by atoms with van der Waals surface area (Å²) in [6.45, 7) is 2.17. The summed E-state index contributed by atoms with van der Waals surface area (Å²) in [5.41, 5.74) is 9.16. The molecule has 1 saturated carbocycles. The lowest BCUT2D eigenvalue weighted by Crippen LogP contribution is -2.33. The fraction of sp³-hybridized carbons (Fsp3) is 0.458. The van der Waals surface area contributed by atoms with E-state index in [9.17, 15) is 4.79 Å². The first kappa shape index (κ1) is 24.3. The molecule has 0 aliphatic heterocycles. The van der Waals surface area contributed by atoms with Gasteiger partial charge in [-0.25, -0.2) is 20.6 Å². The summed E-state index contributed by atoms with van der Waals surface area (Å²) in [5, 5.41) is 1.32. The smallest absolute Gasteiger partial charge is 0.410 e. The molecule has 0 radical (unpaired) electrons. The maximum atomic E-state index is 12.5. The van der Waals surface area contributed by atoms with E-state index in [0.29, 0.717) is 35.2 Å².